The molecular formula is C18H15F3O3S. The van der Waals surface area contributed by atoms with E-state index in [1.165, 1.54) is 0 Å². The highest BCUT2D eigenvalue weighted by molar-refractivity contribution is 8.00. The van der Waals surface area contributed by atoms with Crippen molar-refractivity contribution in [3.63, 3.8) is 0 Å². The third-order valence-electron chi connectivity index (χ3n) is 3.48. The molecule has 1 N–H and O–H groups in total. The lowest BCUT2D eigenvalue weighted by atomic mass is 10.0. The van der Waals surface area contributed by atoms with E-state index in [2.05, 4.69) is 0 Å². The summed E-state index contributed by atoms with van der Waals surface area (Å²) >= 11 is 1.11. The summed E-state index contributed by atoms with van der Waals surface area (Å²) in [6.07, 6.45) is -4.45. The molecule has 1 atom stereocenters. The Bertz CT molecular complexity index is 727. The first-order chi connectivity index (χ1) is 11.8. The maximum atomic E-state index is 12.6. The number of alkyl halides is 3. The number of carbonyl (C=O) groups excluding carboxylic acids is 1. The maximum absolute atomic E-state index is 12.6. The van der Waals surface area contributed by atoms with E-state index in [0.29, 0.717) is 0 Å². The number of hydrogen-bond donors (Lipinski definition) is 1. The highest BCUT2D eigenvalue weighted by Gasteiger charge is 2.30. The lowest BCUT2D eigenvalue weighted by molar-refractivity contribution is -0.137. The van der Waals surface area contributed by atoms with Crippen molar-refractivity contribution < 1.29 is 27.9 Å². The second kappa shape index (κ2) is 8.20. The van der Waals surface area contributed by atoms with E-state index in [9.17, 15) is 22.8 Å². The predicted octanol–water partition coefficient (Wildman–Crippen LogP) is 4.84. The summed E-state index contributed by atoms with van der Waals surface area (Å²) in [5.74, 6) is -1.49. The molecule has 0 heterocycles. The van der Waals surface area contributed by atoms with Crippen LogP contribution in [0.4, 0.5) is 13.2 Å². The van der Waals surface area contributed by atoms with Crippen molar-refractivity contribution >= 4 is 23.5 Å². The van der Waals surface area contributed by atoms with Crippen LogP contribution in [0.2, 0.25) is 0 Å². The second-order valence-electron chi connectivity index (χ2n) is 5.31. The van der Waals surface area contributed by atoms with Gasteiger partial charge in [0.25, 0.3) is 0 Å². The van der Waals surface area contributed by atoms with Crippen molar-refractivity contribution in [1.29, 1.82) is 0 Å². The Hall–Kier alpha value is -2.28. The van der Waals surface area contributed by atoms with Crippen molar-refractivity contribution in [3.8, 4) is 0 Å². The minimum Gasteiger partial charge on any atom is -0.481 e. The van der Waals surface area contributed by atoms with E-state index in [4.69, 9.17) is 5.11 Å². The zero-order valence-electron chi connectivity index (χ0n) is 13.0. The highest BCUT2D eigenvalue weighted by atomic mass is 32.2. The van der Waals surface area contributed by atoms with Gasteiger partial charge < -0.3 is 5.11 Å². The lowest BCUT2D eigenvalue weighted by Gasteiger charge is -2.16. The van der Waals surface area contributed by atoms with Gasteiger partial charge in [-0.15, -0.1) is 11.8 Å². The molecule has 0 spiro atoms. The molecule has 0 aromatic heterocycles. The number of Topliss-reactive ketones (excluding diaryl/α,β-unsaturated/α-hetero) is 1. The van der Waals surface area contributed by atoms with Crippen LogP contribution in [0, 0.1) is 0 Å². The van der Waals surface area contributed by atoms with Crippen LogP contribution in [0.25, 0.3) is 0 Å². The molecule has 0 aliphatic rings. The van der Waals surface area contributed by atoms with E-state index in [-0.39, 0.29) is 28.8 Å². The lowest BCUT2D eigenvalue weighted by Crippen LogP contribution is -2.09. The molecule has 0 fully saturated rings. The Morgan fingerprint density at radius 3 is 2.12 bits per heavy atom. The molecular weight excluding hydrogens is 353 g/mol. The molecule has 0 bridgehead atoms. The smallest absolute Gasteiger partial charge is 0.416 e. The van der Waals surface area contributed by atoms with Crippen LogP contribution in [0.3, 0.4) is 0 Å². The van der Waals surface area contributed by atoms with E-state index < -0.39 is 17.7 Å². The number of carbonyl (C=O) groups is 2. The summed E-state index contributed by atoms with van der Waals surface area (Å²) < 4.78 is 37.8. The molecule has 25 heavy (non-hydrogen) atoms. The molecule has 2 rings (SSSR count). The topological polar surface area (TPSA) is 54.4 Å². The number of thioether (sulfide) groups is 1. The standard InChI is InChI=1S/C18H15F3O3S/c19-18(20,21)14-8-6-12(7-9-14)15(22)10-16(25-11-17(23)24)13-4-2-1-3-5-13/h1-9,16H,10-11H2,(H,23,24). The van der Waals surface area contributed by atoms with Crippen LogP contribution < -0.4 is 0 Å². The van der Waals surface area contributed by atoms with E-state index in [1.807, 2.05) is 0 Å². The maximum Gasteiger partial charge on any atom is 0.416 e. The monoisotopic (exact) mass is 368 g/mol. The molecule has 3 nitrogen and oxygen atoms in total. The number of carboxylic acids is 1. The SMILES string of the molecule is O=C(O)CSC(CC(=O)c1ccc(C(F)(F)F)cc1)c1ccccc1. The first-order valence-corrected chi connectivity index (χ1v) is 8.41. The number of ketones is 1. The number of halogens is 3. The van der Waals surface area contributed by atoms with Crippen molar-refractivity contribution in [1.82, 2.24) is 0 Å². The fourth-order valence-electron chi connectivity index (χ4n) is 2.24. The molecule has 1 unspecified atom stereocenters. The van der Waals surface area contributed by atoms with Crippen LogP contribution in [0.1, 0.15) is 33.2 Å². The fourth-order valence-corrected chi connectivity index (χ4v) is 3.21. The molecule has 0 aliphatic heterocycles. The fraction of sp³-hybridized carbons (Fsp3) is 0.222. The molecule has 0 saturated carbocycles. The van der Waals surface area contributed by atoms with Crippen molar-refractivity contribution in [2.24, 2.45) is 0 Å². The molecule has 132 valence electrons. The van der Waals surface area contributed by atoms with Gasteiger partial charge in [0.1, 0.15) is 0 Å². The summed E-state index contributed by atoms with van der Waals surface area (Å²) in [7, 11) is 0. The first kappa shape index (κ1) is 19.1. The Kier molecular flexibility index (Phi) is 6.25. The summed E-state index contributed by atoms with van der Waals surface area (Å²) in [5.41, 5.74) is 0.155. The Morgan fingerprint density at radius 2 is 1.60 bits per heavy atom. The third kappa shape index (κ3) is 5.63. The summed E-state index contributed by atoms with van der Waals surface area (Å²) in [6.45, 7) is 0. The number of hydrogen-bond acceptors (Lipinski definition) is 3. The highest BCUT2D eigenvalue weighted by Crippen LogP contribution is 2.34. The van der Waals surface area contributed by atoms with Crippen LogP contribution in [-0.4, -0.2) is 22.6 Å². The number of aliphatic carboxylic acids is 1. The normalized spacial score (nSPS) is 12.6. The number of rotatable bonds is 7. The van der Waals surface area contributed by atoms with Gasteiger partial charge in [0.2, 0.25) is 0 Å². The molecule has 0 saturated heterocycles. The van der Waals surface area contributed by atoms with Gasteiger partial charge >= 0.3 is 12.1 Å². The van der Waals surface area contributed by atoms with E-state index >= 15 is 0 Å². The Balaban J connectivity index is 2.14. The average molecular weight is 368 g/mol. The Labute approximate surface area is 146 Å². The van der Waals surface area contributed by atoms with Gasteiger partial charge in [0.05, 0.1) is 11.3 Å². The predicted molar refractivity (Wildman–Crippen MR) is 89.7 cm³/mol. The molecule has 2 aromatic rings. The van der Waals surface area contributed by atoms with E-state index in [0.717, 1.165) is 41.6 Å². The number of benzene rings is 2. The first-order valence-electron chi connectivity index (χ1n) is 7.36. The average Bonchev–Trinajstić information content (AvgIpc) is 2.58. The van der Waals surface area contributed by atoms with Gasteiger partial charge in [-0.2, -0.15) is 13.2 Å². The van der Waals surface area contributed by atoms with Crippen molar-refractivity contribution in [2.75, 3.05) is 5.75 Å². The quantitative estimate of drug-likeness (QED) is 0.711. The Morgan fingerprint density at radius 1 is 1.00 bits per heavy atom. The molecule has 2 aromatic carbocycles. The molecule has 0 radical (unpaired) electrons. The van der Waals surface area contributed by atoms with Gasteiger partial charge in [0.15, 0.2) is 5.78 Å². The van der Waals surface area contributed by atoms with Crippen LogP contribution in [0.15, 0.2) is 54.6 Å². The minimum absolute atomic E-state index is 0.00727. The van der Waals surface area contributed by atoms with E-state index in [1.54, 1.807) is 30.3 Å². The molecule has 7 heteroatoms. The molecule has 0 aliphatic carbocycles. The third-order valence-corrected chi connectivity index (χ3v) is 4.74. The van der Waals surface area contributed by atoms with Gasteiger partial charge in [0, 0.05) is 17.2 Å². The summed E-state index contributed by atoms with van der Waals surface area (Å²) in [5, 5.41) is 8.47. The second-order valence-corrected chi connectivity index (χ2v) is 6.50. The van der Waals surface area contributed by atoms with Crippen LogP contribution in [-0.2, 0) is 11.0 Å². The van der Waals surface area contributed by atoms with Gasteiger partial charge in [-0.1, -0.05) is 42.5 Å². The van der Waals surface area contributed by atoms with Gasteiger partial charge in [-0.3, -0.25) is 9.59 Å². The van der Waals surface area contributed by atoms with Crippen molar-refractivity contribution in [2.45, 2.75) is 17.8 Å². The van der Waals surface area contributed by atoms with Crippen molar-refractivity contribution in [3.05, 3.63) is 71.3 Å². The van der Waals surface area contributed by atoms with Gasteiger partial charge in [-0.05, 0) is 17.7 Å². The minimum atomic E-state index is -4.45. The summed E-state index contributed by atoms with van der Waals surface area (Å²) in [4.78, 5) is 23.2. The zero-order chi connectivity index (χ0) is 18.4. The zero-order valence-corrected chi connectivity index (χ0v) is 13.8. The van der Waals surface area contributed by atoms with Crippen LogP contribution in [0.5, 0.6) is 0 Å². The van der Waals surface area contributed by atoms with Gasteiger partial charge in [-0.25, -0.2) is 0 Å². The number of carboxylic acid groups (broad SMARTS) is 1. The summed E-state index contributed by atoms with van der Waals surface area (Å²) in [6, 6.07) is 13.0. The van der Waals surface area contributed by atoms with Crippen LogP contribution >= 0.6 is 11.8 Å². The molecule has 0 amide bonds. The largest absolute Gasteiger partial charge is 0.481 e.